The van der Waals surface area contributed by atoms with E-state index in [1.54, 1.807) is 0 Å². The molecule has 0 aromatic heterocycles. The van der Waals surface area contributed by atoms with Gasteiger partial charge in [0, 0.05) is 6.42 Å². The molecule has 196 valence electrons. The summed E-state index contributed by atoms with van der Waals surface area (Å²) >= 11 is 0. The number of carbonyl (C=O) groups is 1. The Morgan fingerprint density at radius 2 is 1.26 bits per heavy atom. The zero-order valence-electron chi connectivity index (χ0n) is 22.7. The zero-order valence-corrected chi connectivity index (χ0v) is 22.7. The van der Waals surface area contributed by atoms with E-state index in [4.69, 9.17) is 4.74 Å². The lowest BCUT2D eigenvalue weighted by Crippen LogP contribution is -2.11. The number of aliphatic hydroxyl groups excluding tert-OH is 1. The van der Waals surface area contributed by atoms with E-state index < -0.39 is 0 Å². The average molecular weight is 475 g/mol. The maximum atomic E-state index is 11.8. The number of aliphatic hydroxyl groups is 1. The summed E-state index contributed by atoms with van der Waals surface area (Å²) in [6.45, 7) is 7.44. The molecular formula is C31H54O3. The topological polar surface area (TPSA) is 46.5 Å². The van der Waals surface area contributed by atoms with Crippen LogP contribution >= 0.6 is 0 Å². The number of ether oxygens (including phenoxy) is 1. The number of rotatable bonds is 21. The number of hydrogen-bond donors (Lipinski definition) is 1. The molecule has 34 heavy (non-hydrogen) atoms. The van der Waals surface area contributed by atoms with E-state index in [0.717, 1.165) is 37.7 Å². The van der Waals surface area contributed by atoms with Gasteiger partial charge in [0.1, 0.15) is 0 Å². The van der Waals surface area contributed by atoms with Crippen LogP contribution < -0.4 is 0 Å². The van der Waals surface area contributed by atoms with Crippen molar-refractivity contribution in [3.63, 3.8) is 0 Å². The third-order valence-electron chi connectivity index (χ3n) is 6.62. The molecule has 3 nitrogen and oxygen atoms in total. The van der Waals surface area contributed by atoms with Crippen LogP contribution in [0, 0.1) is 5.41 Å². The molecule has 3 heteroatoms. The molecule has 0 bridgehead atoms. The van der Waals surface area contributed by atoms with Gasteiger partial charge in [-0.1, -0.05) is 128 Å². The van der Waals surface area contributed by atoms with Crippen LogP contribution in [0.5, 0.6) is 0 Å². The maximum absolute atomic E-state index is 11.8. The molecule has 1 rings (SSSR count). The van der Waals surface area contributed by atoms with Gasteiger partial charge in [-0.05, 0) is 43.1 Å². The second-order valence-corrected chi connectivity index (χ2v) is 11.3. The molecule has 1 aromatic rings. The third-order valence-corrected chi connectivity index (χ3v) is 6.62. The summed E-state index contributed by atoms with van der Waals surface area (Å²) in [5, 5.41) is 10.1. The minimum Gasteiger partial charge on any atom is -0.466 e. The van der Waals surface area contributed by atoms with Crippen molar-refractivity contribution >= 4 is 5.97 Å². The van der Waals surface area contributed by atoms with Crippen LogP contribution in [-0.4, -0.2) is 23.8 Å². The summed E-state index contributed by atoms with van der Waals surface area (Å²) in [5.41, 5.74) is 1.66. The SMILES string of the molecule is CC(C)(C)CCCCCCCCCCCCCCC(O)CCCOC(=O)CCc1ccccc1. The summed E-state index contributed by atoms with van der Waals surface area (Å²) in [7, 11) is 0. The Kier molecular flexibility index (Phi) is 18.0. The molecule has 1 unspecified atom stereocenters. The molecule has 0 spiro atoms. The smallest absolute Gasteiger partial charge is 0.306 e. The normalized spacial score (nSPS) is 12.6. The number of unbranched alkanes of at least 4 members (excludes halogenated alkanes) is 11. The van der Waals surface area contributed by atoms with Crippen LogP contribution in [0.3, 0.4) is 0 Å². The monoisotopic (exact) mass is 474 g/mol. The van der Waals surface area contributed by atoms with E-state index in [1.807, 2.05) is 30.3 Å². The fourth-order valence-electron chi connectivity index (χ4n) is 4.42. The second kappa shape index (κ2) is 19.9. The highest BCUT2D eigenvalue weighted by atomic mass is 16.5. The maximum Gasteiger partial charge on any atom is 0.306 e. The Balaban J connectivity index is 1.80. The van der Waals surface area contributed by atoms with Crippen LogP contribution in [-0.2, 0) is 16.0 Å². The quantitative estimate of drug-likeness (QED) is 0.143. The van der Waals surface area contributed by atoms with Crippen molar-refractivity contribution in [2.45, 2.75) is 142 Å². The van der Waals surface area contributed by atoms with Gasteiger partial charge in [0.05, 0.1) is 12.7 Å². The van der Waals surface area contributed by atoms with E-state index in [2.05, 4.69) is 20.8 Å². The first-order valence-corrected chi connectivity index (χ1v) is 14.2. The molecule has 0 aliphatic heterocycles. The summed E-state index contributed by atoms with van der Waals surface area (Å²) in [4.78, 5) is 11.8. The van der Waals surface area contributed by atoms with Crippen LogP contribution in [0.15, 0.2) is 30.3 Å². The highest BCUT2D eigenvalue weighted by molar-refractivity contribution is 5.69. The van der Waals surface area contributed by atoms with Gasteiger partial charge in [0.25, 0.3) is 0 Å². The highest BCUT2D eigenvalue weighted by Gasteiger charge is 2.09. The van der Waals surface area contributed by atoms with Gasteiger partial charge in [-0.15, -0.1) is 0 Å². The summed E-state index contributed by atoms with van der Waals surface area (Å²) in [6, 6.07) is 10.0. The molecule has 1 atom stereocenters. The van der Waals surface area contributed by atoms with Gasteiger partial charge in [-0.2, -0.15) is 0 Å². The number of hydrogen-bond acceptors (Lipinski definition) is 3. The van der Waals surface area contributed by atoms with Crippen LogP contribution in [0.25, 0.3) is 0 Å². The minimum atomic E-state index is -0.258. The van der Waals surface area contributed by atoms with Gasteiger partial charge < -0.3 is 9.84 Å². The third kappa shape index (κ3) is 20.1. The van der Waals surface area contributed by atoms with Crippen molar-refractivity contribution in [1.29, 1.82) is 0 Å². The highest BCUT2D eigenvalue weighted by Crippen LogP contribution is 2.22. The van der Waals surface area contributed by atoms with Crippen LogP contribution in [0.1, 0.15) is 135 Å². The standard InChI is InChI=1S/C31H54O3/c1-31(2,3)26-18-13-11-9-7-5-4-6-8-10-12-17-22-29(32)23-19-27-34-30(33)25-24-28-20-15-14-16-21-28/h14-16,20-21,29,32H,4-13,17-19,22-27H2,1-3H3. The van der Waals surface area contributed by atoms with Gasteiger partial charge in [-0.25, -0.2) is 0 Å². The summed E-state index contributed by atoms with van der Waals surface area (Å²) in [6.07, 6.45) is 20.7. The molecule has 0 saturated heterocycles. The molecular weight excluding hydrogens is 420 g/mol. The molecule has 1 N–H and O–H groups in total. The lowest BCUT2D eigenvalue weighted by Gasteiger charge is -2.17. The molecule has 0 amide bonds. The molecule has 0 aliphatic rings. The predicted octanol–water partition coefficient (Wildman–Crippen LogP) is 8.81. The minimum absolute atomic E-state index is 0.144. The Morgan fingerprint density at radius 1 is 0.765 bits per heavy atom. The summed E-state index contributed by atoms with van der Waals surface area (Å²) < 4.78 is 5.30. The van der Waals surface area contributed by atoms with E-state index >= 15 is 0 Å². The Hall–Kier alpha value is -1.35. The average Bonchev–Trinajstić information content (AvgIpc) is 2.80. The number of aryl methyl sites for hydroxylation is 1. The first-order valence-electron chi connectivity index (χ1n) is 14.2. The Labute approximate surface area is 211 Å². The van der Waals surface area contributed by atoms with E-state index in [9.17, 15) is 9.90 Å². The molecule has 0 aliphatic carbocycles. The van der Waals surface area contributed by atoms with Gasteiger partial charge >= 0.3 is 5.97 Å². The summed E-state index contributed by atoms with van der Waals surface area (Å²) in [5.74, 6) is -0.144. The van der Waals surface area contributed by atoms with Crippen molar-refractivity contribution < 1.29 is 14.6 Å². The van der Waals surface area contributed by atoms with E-state index in [-0.39, 0.29) is 12.1 Å². The Morgan fingerprint density at radius 3 is 1.82 bits per heavy atom. The molecule has 0 saturated carbocycles. The number of benzene rings is 1. The Bertz CT molecular complexity index is 590. The second-order valence-electron chi connectivity index (χ2n) is 11.3. The van der Waals surface area contributed by atoms with Crippen molar-refractivity contribution in [2.24, 2.45) is 5.41 Å². The molecule has 0 heterocycles. The fraction of sp³-hybridized carbons (Fsp3) is 0.774. The molecule has 0 radical (unpaired) electrons. The number of esters is 1. The van der Waals surface area contributed by atoms with Crippen molar-refractivity contribution in [3.8, 4) is 0 Å². The van der Waals surface area contributed by atoms with E-state index in [1.165, 1.54) is 77.0 Å². The van der Waals surface area contributed by atoms with Crippen molar-refractivity contribution in [3.05, 3.63) is 35.9 Å². The van der Waals surface area contributed by atoms with Gasteiger partial charge in [0.2, 0.25) is 0 Å². The lowest BCUT2D eigenvalue weighted by atomic mass is 9.89. The lowest BCUT2D eigenvalue weighted by molar-refractivity contribution is -0.143. The molecule has 1 aromatic carbocycles. The van der Waals surface area contributed by atoms with Crippen LogP contribution in [0.2, 0.25) is 0 Å². The van der Waals surface area contributed by atoms with Crippen molar-refractivity contribution in [1.82, 2.24) is 0 Å². The zero-order chi connectivity index (χ0) is 24.9. The molecule has 0 fully saturated rings. The van der Waals surface area contributed by atoms with Crippen molar-refractivity contribution in [2.75, 3.05) is 6.61 Å². The van der Waals surface area contributed by atoms with E-state index in [0.29, 0.717) is 18.4 Å². The van der Waals surface area contributed by atoms with Gasteiger partial charge in [-0.3, -0.25) is 4.79 Å². The van der Waals surface area contributed by atoms with Gasteiger partial charge in [0.15, 0.2) is 0 Å². The predicted molar refractivity (Wildman–Crippen MR) is 145 cm³/mol. The first kappa shape index (κ1) is 30.7. The first-order chi connectivity index (χ1) is 16.4. The fourth-order valence-corrected chi connectivity index (χ4v) is 4.42. The number of carbonyl (C=O) groups excluding carboxylic acids is 1. The largest absolute Gasteiger partial charge is 0.466 e. The van der Waals surface area contributed by atoms with Crippen LogP contribution in [0.4, 0.5) is 0 Å².